The van der Waals surface area contributed by atoms with Crippen LogP contribution in [0.2, 0.25) is 5.02 Å². The molecule has 0 aliphatic carbocycles. The molecule has 0 spiro atoms. The van der Waals surface area contributed by atoms with Gasteiger partial charge in [0, 0.05) is 21.7 Å². The van der Waals surface area contributed by atoms with Crippen LogP contribution in [0.1, 0.15) is 0 Å². The molecule has 2 N–H and O–H groups in total. The molecule has 2 nitrogen and oxygen atoms in total. The summed E-state index contributed by atoms with van der Waals surface area (Å²) in [6.45, 7) is 0. The van der Waals surface area contributed by atoms with Crippen molar-refractivity contribution in [1.82, 2.24) is 4.98 Å². The number of halogens is 2. The maximum absolute atomic E-state index is 6.21. The zero-order chi connectivity index (χ0) is 16.5. The van der Waals surface area contributed by atoms with Crippen LogP contribution in [-0.2, 0) is 0 Å². The lowest BCUT2D eigenvalue weighted by atomic mass is 9.98. The first-order valence-corrected chi connectivity index (χ1v) is 8.10. The van der Waals surface area contributed by atoms with Crippen LogP contribution in [0.5, 0.6) is 0 Å². The van der Waals surface area contributed by atoms with Crippen LogP contribution < -0.4 is 5.73 Å². The van der Waals surface area contributed by atoms with Crippen LogP contribution in [0.3, 0.4) is 0 Å². The molecule has 1 heterocycles. The van der Waals surface area contributed by atoms with Crippen molar-refractivity contribution >= 4 is 40.6 Å². The van der Waals surface area contributed by atoms with Gasteiger partial charge in [-0.05, 0) is 47.5 Å². The fourth-order valence-electron chi connectivity index (χ4n) is 2.90. The molecule has 4 aromatic rings. The predicted octanol–water partition coefficient (Wildman–Crippen LogP) is 6.23. The molecule has 0 saturated carbocycles. The van der Waals surface area contributed by atoms with E-state index in [0.717, 1.165) is 39.0 Å². The van der Waals surface area contributed by atoms with E-state index in [4.69, 9.17) is 22.3 Å². The van der Waals surface area contributed by atoms with Crippen LogP contribution in [0.25, 0.3) is 33.3 Å². The van der Waals surface area contributed by atoms with E-state index >= 15 is 0 Å². The number of pyridine rings is 1. The van der Waals surface area contributed by atoms with Crippen LogP contribution in [-0.4, -0.2) is 4.98 Å². The van der Waals surface area contributed by atoms with Crippen molar-refractivity contribution in [3.63, 3.8) is 0 Å². The fourth-order valence-corrected chi connectivity index (χ4v) is 3.07. The predicted molar refractivity (Wildman–Crippen MR) is 109 cm³/mol. The number of benzene rings is 3. The number of hydrogen-bond donors (Lipinski definition) is 1. The molecule has 0 amide bonds. The highest BCUT2D eigenvalue weighted by Crippen LogP contribution is 2.33. The quantitative estimate of drug-likeness (QED) is 0.427. The summed E-state index contributed by atoms with van der Waals surface area (Å²) in [7, 11) is 0. The number of aromatic nitrogens is 1. The average molecular weight is 367 g/mol. The van der Waals surface area contributed by atoms with Crippen LogP contribution in [0.15, 0.2) is 78.9 Å². The minimum absolute atomic E-state index is 0. The monoisotopic (exact) mass is 366 g/mol. The summed E-state index contributed by atoms with van der Waals surface area (Å²) < 4.78 is 0. The first-order chi connectivity index (χ1) is 11.7. The topological polar surface area (TPSA) is 38.9 Å². The molecule has 4 heteroatoms. The molecule has 0 atom stereocenters. The first kappa shape index (κ1) is 17.3. The number of fused-ring (bicyclic) bond motifs is 1. The third-order valence-electron chi connectivity index (χ3n) is 4.04. The van der Waals surface area contributed by atoms with E-state index in [2.05, 4.69) is 18.2 Å². The molecular weight excluding hydrogens is 351 g/mol. The van der Waals surface area contributed by atoms with Crippen LogP contribution in [0.4, 0.5) is 5.69 Å². The number of nitrogens with two attached hydrogens (primary N) is 1. The van der Waals surface area contributed by atoms with Gasteiger partial charge in [-0.3, -0.25) is 0 Å². The highest BCUT2D eigenvalue weighted by molar-refractivity contribution is 6.31. The Morgan fingerprint density at radius 1 is 0.760 bits per heavy atom. The highest BCUT2D eigenvalue weighted by Gasteiger charge is 2.10. The Hall–Kier alpha value is -2.55. The van der Waals surface area contributed by atoms with Gasteiger partial charge in [0.2, 0.25) is 0 Å². The third-order valence-corrected chi connectivity index (χ3v) is 4.27. The van der Waals surface area contributed by atoms with Gasteiger partial charge in [0.1, 0.15) is 0 Å². The third kappa shape index (κ3) is 3.46. The molecule has 0 fully saturated rings. The molecule has 0 bridgehead atoms. The standard InChI is InChI=1S/C21H15ClN2.ClH/c22-16-9-10-20-19(12-16)18(14-5-2-1-3-6-14)13-21(24-20)15-7-4-8-17(23)11-15;/h1-13H,23H2;1H. The number of hydrogen-bond acceptors (Lipinski definition) is 2. The van der Waals surface area contributed by atoms with E-state index in [0.29, 0.717) is 5.02 Å². The summed E-state index contributed by atoms with van der Waals surface area (Å²) in [6.07, 6.45) is 0. The minimum Gasteiger partial charge on any atom is -0.399 e. The molecule has 0 radical (unpaired) electrons. The smallest absolute Gasteiger partial charge is 0.0716 e. The van der Waals surface area contributed by atoms with Crippen molar-refractivity contribution in [2.45, 2.75) is 0 Å². The second-order valence-electron chi connectivity index (χ2n) is 5.71. The van der Waals surface area contributed by atoms with Crippen molar-refractivity contribution in [3.8, 4) is 22.4 Å². The Kier molecular flexibility index (Phi) is 4.93. The summed E-state index contributed by atoms with van der Waals surface area (Å²) in [4.78, 5) is 4.80. The summed E-state index contributed by atoms with van der Waals surface area (Å²) in [5, 5.41) is 1.75. The van der Waals surface area contributed by atoms with E-state index in [9.17, 15) is 0 Å². The van der Waals surface area contributed by atoms with E-state index in [1.807, 2.05) is 60.7 Å². The largest absolute Gasteiger partial charge is 0.399 e. The van der Waals surface area contributed by atoms with Gasteiger partial charge in [0.15, 0.2) is 0 Å². The molecule has 124 valence electrons. The maximum atomic E-state index is 6.21. The summed E-state index contributed by atoms with van der Waals surface area (Å²) in [5.41, 5.74) is 11.7. The lowest BCUT2D eigenvalue weighted by molar-refractivity contribution is 1.40. The van der Waals surface area contributed by atoms with Gasteiger partial charge in [-0.15, -0.1) is 12.4 Å². The second kappa shape index (κ2) is 7.14. The number of nitrogens with zero attached hydrogens (tertiary/aromatic N) is 1. The van der Waals surface area contributed by atoms with Gasteiger partial charge in [-0.2, -0.15) is 0 Å². The average Bonchev–Trinajstić information content (AvgIpc) is 2.61. The van der Waals surface area contributed by atoms with Gasteiger partial charge in [-0.1, -0.05) is 54.1 Å². The molecule has 25 heavy (non-hydrogen) atoms. The molecule has 0 aliphatic heterocycles. The fraction of sp³-hybridized carbons (Fsp3) is 0. The number of rotatable bonds is 2. The number of nitrogen functional groups attached to an aromatic ring is 1. The van der Waals surface area contributed by atoms with E-state index in [1.165, 1.54) is 0 Å². The van der Waals surface area contributed by atoms with Gasteiger partial charge in [0.05, 0.1) is 11.2 Å². The lowest BCUT2D eigenvalue weighted by Crippen LogP contribution is -1.91. The van der Waals surface area contributed by atoms with Crippen LogP contribution in [0, 0.1) is 0 Å². The summed E-state index contributed by atoms with van der Waals surface area (Å²) >= 11 is 6.21. The Bertz CT molecular complexity index is 1030. The molecular formula is C21H16Cl2N2. The Labute approximate surface area is 157 Å². The molecule has 0 unspecified atom stereocenters. The summed E-state index contributed by atoms with van der Waals surface area (Å²) in [6, 6.07) is 26.0. The molecule has 4 rings (SSSR count). The number of anilines is 1. The Morgan fingerprint density at radius 3 is 2.28 bits per heavy atom. The van der Waals surface area contributed by atoms with E-state index in [-0.39, 0.29) is 12.4 Å². The van der Waals surface area contributed by atoms with E-state index < -0.39 is 0 Å². The van der Waals surface area contributed by atoms with Gasteiger partial charge >= 0.3 is 0 Å². The Balaban J connectivity index is 0.00000182. The summed E-state index contributed by atoms with van der Waals surface area (Å²) in [5.74, 6) is 0. The molecule has 0 saturated heterocycles. The minimum atomic E-state index is 0. The van der Waals surface area contributed by atoms with E-state index in [1.54, 1.807) is 0 Å². The van der Waals surface area contributed by atoms with Crippen molar-refractivity contribution in [3.05, 3.63) is 83.9 Å². The van der Waals surface area contributed by atoms with Crippen LogP contribution >= 0.6 is 24.0 Å². The molecule has 1 aromatic heterocycles. The zero-order valence-electron chi connectivity index (χ0n) is 13.3. The van der Waals surface area contributed by atoms with Gasteiger partial charge in [-0.25, -0.2) is 4.98 Å². The highest BCUT2D eigenvalue weighted by atomic mass is 35.5. The normalized spacial score (nSPS) is 10.4. The van der Waals surface area contributed by atoms with Crippen molar-refractivity contribution in [1.29, 1.82) is 0 Å². The molecule has 0 aliphatic rings. The van der Waals surface area contributed by atoms with Crippen molar-refractivity contribution < 1.29 is 0 Å². The Morgan fingerprint density at radius 2 is 1.52 bits per heavy atom. The SMILES string of the molecule is Cl.Nc1cccc(-c2cc(-c3ccccc3)c3cc(Cl)ccc3n2)c1. The lowest BCUT2D eigenvalue weighted by Gasteiger charge is -2.11. The second-order valence-corrected chi connectivity index (χ2v) is 6.14. The van der Waals surface area contributed by atoms with Crippen molar-refractivity contribution in [2.75, 3.05) is 5.73 Å². The maximum Gasteiger partial charge on any atom is 0.0716 e. The first-order valence-electron chi connectivity index (χ1n) is 7.72. The zero-order valence-corrected chi connectivity index (χ0v) is 14.9. The van der Waals surface area contributed by atoms with Gasteiger partial charge < -0.3 is 5.73 Å². The van der Waals surface area contributed by atoms with Gasteiger partial charge in [0.25, 0.3) is 0 Å². The van der Waals surface area contributed by atoms with Crippen molar-refractivity contribution in [2.24, 2.45) is 0 Å². The molecule has 3 aromatic carbocycles.